The van der Waals surface area contributed by atoms with Gasteiger partial charge in [0.05, 0.1) is 0 Å². The standard InChI is InChI=1S/C11H13ClNO/c1-3-13(4-2)11(14)9-6-5-7-10(12)8-9/h6-8H,3-4H2,1-2H3. The predicted octanol–water partition coefficient (Wildman–Crippen LogP) is 2.62. The number of amides is 1. The lowest BCUT2D eigenvalue weighted by atomic mass is 10.2. The number of hydrogen-bond donors (Lipinski definition) is 0. The number of carbonyl (C=O) groups is 1. The minimum absolute atomic E-state index is 0.00810. The first kappa shape index (κ1) is 11.1. The third-order valence-corrected chi connectivity index (χ3v) is 2.27. The maximum absolute atomic E-state index is 11.8. The highest BCUT2D eigenvalue weighted by Crippen LogP contribution is 2.12. The Kier molecular flexibility index (Phi) is 3.96. The first-order valence-corrected chi connectivity index (χ1v) is 5.02. The molecule has 0 aliphatic rings. The molecule has 0 aromatic heterocycles. The van der Waals surface area contributed by atoms with Crippen molar-refractivity contribution in [2.24, 2.45) is 0 Å². The van der Waals surface area contributed by atoms with Gasteiger partial charge in [-0.1, -0.05) is 11.6 Å². The molecule has 3 heteroatoms. The highest BCUT2D eigenvalue weighted by molar-refractivity contribution is 6.30. The van der Waals surface area contributed by atoms with Gasteiger partial charge >= 0.3 is 0 Å². The van der Waals surface area contributed by atoms with E-state index >= 15 is 0 Å². The number of rotatable bonds is 3. The van der Waals surface area contributed by atoms with Crippen LogP contribution in [0.4, 0.5) is 0 Å². The summed E-state index contributed by atoms with van der Waals surface area (Å²) in [4.78, 5) is 13.6. The van der Waals surface area contributed by atoms with Crippen molar-refractivity contribution in [3.05, 3.63) is 34.9 Å². The van der Waals surface area contributed by atoms with Gasteiger partial charge in [-0.25, -0.2) is 0 Å². The fraction of sp³-hybridized carbons (Fsp3) is 0.364. The van der Waals surface area contributed by atoms with E-state index in [2.05, 4.69) is 6.07 Å². The minimum atomic E-state index is 0.00810. The molecule has 1 amide bonds. The van der Waals surface area contributed by atoms with E-state index in [9.17, 15) is 4.79 Å². The fourth-order valence-corrected chi connectivity index (χ4v) is 1.44. The van der Waals surface area contributed by atoms with Crippen LogP contribution in [0.15, 0.2) is 18.2 Å². The smallest absolute Gasteiger partial charge is 0.253 e. The average molecular weight is 211 g/mol. The zero-order valence-corrected chi connectivity index (χ0v) is 9.14. The van der Waals surface area contributed by atoms with Gasteiger partial charge < -0.3 is 4.90 Å². The van der Waals surface area contributed by atoms with E-state index in [-0.39, 0.29) is 5.91 Å². The molecule has 14 heavy (non-hydrogen) atoms. The Labute approximate surface area is 89.5 Å². The van der Waals surface area contributed by atoms with Crippen molar-refractivity contribution in [2.75, 3.05) is 13.1 Å². The first-order chi connectivity index (χ1) is 6.69. The number of carbonyl (C=O) groups excluding carboxylic acids is 1. The van der Waals surface area contributed by atoms with Gasteiger partial charge in [0.1, 0.15) is 0 Å². The normalized spacial score (nSPS) is 9.93. The summed E-state index contributed by atoms with van der Waals surface area (Å²) >= 11 is 5.78. The van der Waals surface area contributed by atoms with Gasteiger partial charge in [-0.3, -0.25) is 4.79 Å². The number of nitrogens with zero attached hydrogens (tertiary/aromatic N) is 1. The van der Waals surface area contributed by atoms with Crippen LogP contribution in [0.2, 0.25) is 5.02 Å². The summed E-state index contributed by atoms with van der Waals surface area (Å²) in [7, 11) is 0. The molecule has 2 nitrogen and oxygen atoms in total. The third-order valence-electron chi connectivity index (χ3n) is 2.05. The molecule has 1 rings (SSSR count). The van der Waals surface area contributed by atoms with Gasteiger partial charge in [-0.15, -0.1) is 0 Å². The molecule has 0 saturated heterocycles. The summed E-state index contributed by atoms with van der Waals surface area (Å²) < 4.78 is 0. The highest BCUT2D eigenvalue weighted by Gasteiger charge is 2.11. The van der Waals surface area contributed by atoms with Gasteiger partial charge in [0.25, 0.3) is 5.91 Å². The van der Waals surface area contributed by atoms with E-state index in [1.54, 1.807) is 23.1 Å². The number of hydrogen-bond acceptors (Lipinski definition) is 1. The number of benzene rings is 1. The van der Waals surface area contributed by atoms with Crippen LogP contribution < -0.4 is 0 Å². The van der Waals surface area contributed by atoms with Crippen LogP contribution in [0.5, 0.6) is 0 Å². The largest absolute Gasteiger partial charge is 0.339 e. The molecule has 1 aromatic carbocycles. The minimum Gasteiger partial charge on any atom is -0.339 e. The summed E-state index contributed by atoms with van der Waals surface area (Å²) in [6.45, 7) is 5.33. The molecule has 0 unspecified atom stereocenters. The van der Waals surface area contributed by atoms with Crippen LogP contribution in [0.3, 0.4) is 0 Å². The van der Waals surface area contributed by atoms with E-state index in [1.807, 2.05) is 13.8 Å². The van der Waals surface area contributed by atoms with Gasteiger partial charge in [-0.05, 0) is 38.1 Å². The molecule has 0 fully saturated rings. The molecule has 0 atom stereocenters. The zero-order chi connectivity index (χ0) is 10.6. The molecule has 0 spiro atoms. The van der Waals surface area contributed by atoms with E-state index in [1.165, 1.54) is 0 Å². The Morgan fingerprint density at radius 1 is 1.43 bits per heavy atom. The molecular weight excluding hydrogens is 198 g/mol. The number of halogens is 1. The molecule has 0 bridgehead atoms. The van der Waals surface area contributed by atoms with Gasteiger partial charge in [-0.2, -0.15) is 0 Å². The molecule has 1 aromatic rings. The third kappa shape index (κ3) is 2.48. The Hall–Kier alpha value is -1.02. The lowest BCUT2D eigenvalue weighted by Gasteiger charge is -2.18. The maximum atomic E-state index is 11.8. The van der Waals surface area contributed by atoms with Crippen LogP contribution in [0, 0.1) is 6.07 Å². The molecule has 0 saturated carbocycles. The summed E-state index contributed by atoms with van der Waals surface area (Å²) in [5.74, 6) is 0.00810. The van der Waals surface area contributed by atoms with E-state index < -0.39 is 0 Å². The average Bonchev–Trinajstić information content (AvgIpc) is 2.19. The second-order valence-corrected chi connectivity index (χ2v) is 3.35. The van der Waals surface area contributed by atoms with E-state index in [0.29, 0.717) is 23.7 Å². The van der Waals surface area contributed by atoms with Crippen LogP contribution in [0.1, 0.15) is 24.2 Å². The lowest BCUT2D eigenvalue weighted by molar-refractivity contribution is 0.0773. The molecule has 0 aliphatic carbocycles. The molecule has 0 aliphatic heterocycles. The SMILES string of the molecule is CCN(CC)C(=O)c1c[c]cc(Cl)c1. The Bertz CT molecular complexity index is 321. The molecular formula is C11H13ClNO. The Morgan fingerprint density at radius 2 is 2.07 bits per heavy atom. The van der Waals surface area contributed by atoms with Crippen molar-refractivity contribution >= 4 is 17.5 Å². The second kappa shape index (κ2) is 5.01. The quantitative estimate of drug-likeness (QED) is 0.751. The summed E-state index contributed by atoms with van der Waals surface area (Å²) in [5, 5.41) is 0.544. The van der Waals surface area contributed by atoms with Crippen LogP contribution >= 0.6 is 11.6 Å². The predicted molar refractivity (Wildman–Crippen MR) is 57.5 cm³/mol. The first-order valence-electron chi connectivity index (χ1n) is 4.65. The summed E-state index contributed by atoms with van der Waals surface area (Å²) in [6.07, 6.45) is 0. The Morgan fingerprint density at radius 3 is 2.57 bits per heavy atom. The van der Waals surface area contributed by atoms with Crippen LogP contribution in [-0.2, 0) is 0 Å². The maximum Gasteiger partial charge on any atom is 0.253 e. The second-order valence-electron chi connectivity index (χ2n) is 2.92. The molecule has 75 valence electrons. The zero-order valence-electron chi connectivity index (χ0n) is 8.38. The van der Waals surface area contributed by atoms with Crippen molar-refractivity contribution in [2.45, 2.75) is 13.8 Å². The van der Waals surface area contributed by atoms with Crippen molar-refractivity contribution in [3.63, 3.8) is 0 Å². The molecule has 0 heterocycles. The van der Waals surface area contributed by atoms with Gasteiger partial charge in [0, 0.05) is 23.7 Å². The summed E-state index contributed by atoms with van der Waals surface area (Å²) in [6, 6.07) is 7.80. The van der Waals surface area contributed by atoms with E-state index in [0.717, 1.165) is 0 Å². The van der Waals surface area contributed by atoms with Crippen molar-refractivity contribution in [3.8, 4) is 0 Å². The summed E-state index contributed by atoms with van der Waals surface area (Å²) in [5.41, 5.74) is 0.598. The van der Waals surface area contributed by atoms with Crippen molar-refractivity contribution in [1.29, 1.82) is 0 Å². The Balaban J connectivity index is 2.88. The van der Waals surface area contributed by atoms with Gasteiger partial charge in [0.2, 0.25) is 0 Å². The van der Waals surface area contributed by atoms with Crippen LogP contribution in [-0.4, -0.2) is 23.9 Å². The van der Waals surface area contributed by atoms with Crippen LogP contribution in [0.25, 0.3) is 0 Å². The van der Waals surface area contributed by atoms with E-state index in [4.69, 9.17) is 11.6 Å². The molecule has 1 radical (unpaired) electrons. The fourth-order valence-electron chi connectivity index (χ4n) is 1.26. The molecule has 0 N–H and O–H groups in total. The highest BCUT2D eigenvalue weighted by atomic mass is 35.5. The monoisotopic (exact) mass is 210 g/mol. The topological polar surface area (TPSA) is 20.3 Å². The van der Waals surface area contributed by atoms with Crippen molar-refractivity contribution < 1.29 is 4.79 Å². The van der Waals surface area contributed by atoms with Gasteiger partial charge in [0.15, 0.2) is 0 Å². The van der Waals surface area contributed by atoms with Crippen molar-refractivity contribution in [1.82, 2.24) is 4.90 Å². The lowest BCUT2D eigenvalue weighted by Crippen LogP contribution is -2.30.